The standard InChI is InChI=1S/C28H26N2O2/c1-18-14-15-22-21(17-18)28(27(32)29-22)25(26(31)20-11-6-3-7-12-20)24(19-9-4-2-5-10-19)23-13-8-16-30(23)28/h2-7,9-12,14-15,17,23-25H,8,13,16H2,1H3,(H,29,32)/t23?,24-,25-,28?/m1/s1. The van der Waals surface area contributed by atoms with Crippen LogP contribution in [0, 0.1) is 12.8 Å². The Morgan fingerprint density at radius 2 is 1.72 bits per heavy atom. The second-order valence-corrected chi connectivity index (χ2v) is 9.32. The Labute approximate surface area is 188 Å². The van der Waals surface area contributed by atoms with Crippen molar-refractivity contribution in [2.75, 3.05) is 11.9 Å². The lowest BCUT2D eigenvalue weighted by Crippen LogP contribution is -2.52. The topological polar surface area (TPSA) is 49.4 Å². The Hall–Kier alpha value is -3.24. The molecule has 4 nitrogen and oxygen atoms in total. The molecule has 32 heavy (non-hydrogen) atoms. The lowest BCUT2D eigenvalue weighted by molar-refractivity contribution is -0.127. The van der Waals surface area contributed by atoms with Crippen molar-refractivity contribution in [3.8, 4) is 0 Å². The first kappa shape index (κ1) is 19.4. The number of hydrogen-bond acceptors (Lipinski definition) is 3. The number of amides is 1. The largest absolute Gasteiger partial charge is 0.324 e. The lowest BCUT2D eigenvalue weighted by atomic mass is 9.68. The number of carbonyl (C=O) groups excluding carboxylic acids is 2. The average Bonchev–Trinajstić information content (AvgIpc) is 3.48. The van der Waals surface area contributed by atoms with E-state index in [-0.39, 0.29) is 23.7 Å². The number of benzene rings is 3. The first-order chi connectivity index (χ1) is 15.6. The quantitative estimate of drug-likeness (QED) is 0.611. The van der Waals surface area contributed by atoms with Gasteiger partial charge < -0.3 is 5.32 Å². The van der Waals surface area contributed by atoms with E-state index in [0.29, 0.717) is 5.56 Å². The van der Waals surface area contributed by atoms with Crippen LogP contribution in [0.4, 0.5) is 5.69 Å². The molecule has 4 heteroatoms. The van der Waals surface area contributed by atoms with Crippen LogP contribution in [0.3, 0.4) is 0 Å². The van der Waals surface area contributed by atoms with Crippen LogP contribution < -0.4 is 5.32 Å². The number of ketones is 1. The molecule has 160 valence electrons. The van der Waals surface area contributed by atoms with Crippen molar-refractivity contribution in [3.05, 3.63) is 101 Å². The third kappa shape index (κ3) is 2.53. The van der Waals surface area contributed by atoms with Crippen molar-refractivity contribution in [2.45, 2.75) is 37.3 Å². The average molecular weight is 423 g/mol. The summed E-state index contributed by atoms with van der Waals surface area (Å²) in [7, 11) is 0. The molecule has 3 heterocycles. The highest BCUT2D eigenvalue weighted by atomic mass is 16.2. The number of nitrogens with one attached hydrogen (secondary N) is 1. The van der Waals surface area contributed by atoms with Gasteiger partial charge in [0.25, 0.3) is 0 Å². The molecule has 2 unspecified atom stereocenters. The lowest BCUT2D eigenvalue weighted by Gasteiger charge is -2.37. The van der Waals surface area contributed by atoms with E-state index in [9.17, 15) is 9.59 Å². The first-order valence-corrected chi connectivity index (χ1v) is 11.5. The number of hydrogen-bond donors (Lipinski definition) is 1. The molecule has 6 rings (SSSR count). The summed E-state index contributed by atoms with van der Waals surface area (Å²) in [6, 6.07) is 26.1. The van der Waals surface area contributed by atoms with Gasteiger partial charge in [0, 0.05) is 28.8 Å². The highest BCUT2D eigenvalue weighted by molar-refractivity contribution is 6.12. The van der Waals surface area contributed by atoms with Gasteiger partial charge in [-0.1, -0.05) is 78.4 Å². The van der Waals surface area contributed by atoms with Crippen LogP contribution >= 0.6 is 0 Å². The number of rotatable bonds is 3. The van der Waals surface area contributed by atoms with Gasteiger partial charge in [0.2, 0.25) is 5.91 Å². The van der Waals surface area contributed by atoms with E-state index in [1.165, 1.54) is 0 Å². The van der Waals surface area contributed by atoms with E-state index in [1.807, 2.05) is 60.7 Å². The van der Waals surface area contributed by atoms with Gasteiger partial charge in [-0.15, -0.1) is 0 Å². The molecule has 0 aromatic heterocycles. The molecule has 4 atom stereocenters. The minimum absolute atomic E-state index is 0.0383. The van der Waals surface area contributed by atoms with Crippen LogP contribution in [0.1, 0.15) is 45.8 Å². The van der Waals surface area contributed by atoms with E-state index in [0.717, 1.165) is 41.8 Å². The van der Waals surface area contributed by atoms with Gasteiger partial charge in [0.1, 0.15) is 5.54 Å². The predicted molar refractivity (Wildman–Crippen MR) is 125 cm³/mol. The predicted octanol–water partition coefficient (Wildman–Crippen LogP) is 4.90. The molecular weight excluding hydrogens is 396 g/mol. The second-order valence-electron chi connectivity index (χ2n) is 9.32. The summed E-state index contributed by atoms with van der Waals surface area (Å²) < 4.78 is 0. The second kappa shape index (κ2) is 7.14. The summed E-state index contributed by atoms with van der Waals surface area (Å²) in [5.41, 5.74) is 3.74. The van der Waals surface area contributed by atoms with Crippen LogP contribution in [0.2, 0.25) is 0 Å². The zero-order valence-electron chi connectivity index (χ0n) is 18.1. The zero-order valence-corrected chi connectivity index (χ0v) is 18.1. The van der Waals surface area contributed by atoms with Gasteiger partial charge in [0.15, 0.2) is 5.78 Å². The van der Waals surface area contributed by atoms with E-state index < -0.39 is 11.5 Å². The number of carbonyl (C=O) groups is 2. The van der Waals surface area contributed by atoms with Crippen molar-refractivity contribution < 1.29 is 9.59 Å². The normalized spacial score (nSPS) is 28.5. The van der Waals surface area contributed by atoms with Crippen LogP contribution in [0.15, 0.2) is 78.9 Å². The summed E-state index contributed by atoms with van der Waals surface area (Å²) in [6.07, 6.45) is 2.03. The molecule has 0 aliphatic carbocycles. The third-order valence-electron chi connectivity index (χ3n) is 7.68. The molecule has 0 saturated carbocycles. The van der Waals surface area contributed by atoms with Crippen molar-refractivity contribution in [2.24, 2.45) is 5.92 Å². The fourth-order valence-electron chi connectivity index (χ4n) is 6.51. The fourth-order valence-corrected chi connectivity index (χ4v) is 6.51. The van der Waals surface area contributed by atoms with Gasteiger partial charge in [-0.05, 0) is 37.9 Å². The highest BCUT2D eigenvalue weighted by Gasteiger charge is 2.69. The third-order valence-corrected chi connectivity index (χ3v) is 7.68. The monoisotopic (exact) mass is 422 g/mol. The van der Waals surface area contributed by atoms with Crippen molar-refractivity contribution in [1.82, 2.24) is 4.90 Å². The van der Waals surface area contributed by atoms with Gasteiger partial charge >= 0.3 is 0 Å². The number of Topliss-reactive ketones (excluding diaryl/α,β-unsaturated/α-hetero) is 1. The van der Waals surface area contributed by atoms with Gasteiger partial charge in [-0.3, -0.25) is 14.5 Å². The molecule has 3 aliphatic rings. The van der Waals surface area contributed by atoms with Crippen LogP contribution in [0.25, 0.3) is 0 Å². The summed E-state index contributed by atoms with van der Waals surface area (Å²) in [4.78, 5) is 30.5. The minimum atomic E-state index is -0.976. The van der Waals surface area contributed by atoms with Crippen molar-refractivity contribution >= 4 is 17.4 Å². The Balaban J connectivity index is 1.63. The fraction of sp³-hybridized carbons (Fsp3) is 0.286. The Morgan fingerprint density at radius 3 is 2.47 bits per heavy atom. The van der Waals surface area contributed by atoms with Crippen molar-refractivity contribution in [1.29, 1.82) is 0 Å². The maximum absolute atomic E-state index is 14.3. The number of nitrogens with zero attached hydrogens (tertiary/aromatic N) is 1. The molecule has 0 bridgehead atoms. The van der Waals surface area contributed by atoms with Gasteiger partial charge in [-0.2, -0.15) is 0 Å². The molecule has 2 fully saturated rings. The molecule has 3 aliphatic heterocycles. The highest BCUT2D eigenvalue weighted by Crippen LogP contribution is 2.61. The molecule has 1 amide bonds. The van der Waals surface area contributed by atoms with Crippen molar-refractivity contribution in [3.63, 3.8) is 0 Å². The Bertz CT molecular complexity index is 1210. The molecule has 3 aromatic carbocycles. The van der Waals surface area contributed by atoms with Crippen LogP contribution in [-0.2, 0) is 10.3 Å². The van der Waals surface area contributed by atoms with E-state index >= 15 is 0 Å². The number of anilines is 1. The zero-order chi connectivity index (χ0) is 21.9. The molecule has 1 N–H and O–H groups in total. The number of fused-ring (bicyclic) bond motifs is 4. The number of aryl methyl sites for hydroxylation is 1. The molecule has 1 spiro atoms. The molecule has 3 aromatic rings. The first-order valence-electron chi connectivity index (χ1n) is 11.5. The van der Waals surface area contributed by atoms with Crippen LogP contribution in [0.5, 0.6) is 0 Å². The van der Waals surface area contributed by atoms with E-state index in [2.05, 4.69) is 35.3 Å². The van der Waals surface area contributed by atoms with Gasteiger partial charge in [-0.25, -0.2) is 0 Å². The smallest absolute Gasteiger partial charge is 0.250 e. The molecular formula is C28H26N2O2. The molecule has 2 saturated heterocycles. The summed E-state index contributed by atoms with van der Waals surface area (Å²) >= 11 is 0. The summed E-state index contributed by atoms with van der Waals surface area (Å²) in [5, 5.41) is 3.15. The summed E-state index contributed by atoms with van der Waals surface area (Å²) in [6.45, 7) is 2.88. The maximum Gasteiger partial charge on any atom is 0.250 e. The van der Waals surface area contributed by atoms with Crippen LogP contribution in [-0.4, -0.2) is 29.2 Å². The maximum atomic E-state index is 14.3. The minimum Gasteiger partial charge on any atom is -0.324 e. The van der Waals surface area contributed by atoms with E-state index in [4.69, 9.17) is 0 Å². The van der Waals surface area contributed by atoms with Gasteiger partial charge in [0.05, 0.1) is 5.92 Å². The van der Waals surface area contributed by atoms with E-state index in [1.54, 1.807) is 0 Å². The Kier molecular flexibility index (Phi) is 4.34. The SMILES string of the molecule is Cc1ccc2c(c1)C1(C(=O)N2)[C@@H](C(=O)c2ccccc2)[C@H](c2ccccc2)C2CCCN21. The molecule has 0 radical (unpaired) electrons. The Morgan fingerprint density at radius 1 is 1.00 bits per heavy atom. The summed E-state index contributed by atoms with van der Waals surface area (Å²) in [5.74, 6) is -0.527.